The third-order valence-electron chi connectivity index (χ3n) is 2.31. The van der Waals surface area contributed by atoms with Crippen molar-refractivity contribution in [2.24, 2.45) is 0 Å². The average molecular weight is 254 g/mol. The molecule has 0 bridgehead atoms. The largest absolute Gasteiger partial charge is 0.423 e. The molecule has 0 aliphatic carbocycles. The fraction of sp³-hybridized carbons (Fsp3) is 0.0667. The molecule has 0 aromatic heterocycles. The summed E-state index contributed by atoms with van der Waals surface area (Å²) in [6, 6.07) is 16.2. The van der Waals surface area contributed by atoms with Crippen LogP contribution in [0.5, 0.6) is 5.75 Å². The summed E-state index contributed by atoms with van der Waals surface area (Å²) < 4.78 is 5.18. The zero-order valence-electron chi connectivity index (χ0n) is 10.3. The lowest BCUT2D eigenvalue weighted by Gasteiger charge is -2.05. The summed E-state index contributed by atoms with van der Waals surface area (Å²) in [5, 5.41) is 2.63. The van der Waals surface area contributed by atoms with Crippen LogP contribution >= 0.6 is 0 Å². The van der Waals surface area contributed by atoms with Crippen LogP contribution in [0.3, 0.4) is 0 Å². The summed E-state index contributed by atoms with van der Waals surface area (Å²) in [6.45, 7) is 1.43. The van der Waals surface area contributed by atoms with Crippen LogP contribution in [-0.4, -0.2) is 11.9 Å². The molecular formula is C15H12NO3. The van der Waals surface area contributed by atoms with E-state index in [1.165, 1.54) is 6.92 Å². The molecule has 1 radical (unpaired) electrons. The van der Waals surface area contributed by atoms with Crippen LogP contribution in [0.4, 0.5) is 5.69 Å². The molecule has 0 unspecified atom stereocenters. The molecule has 0 atom stereocenters. The highest BCUT2D eigenvalue weighted by molar-refractivity contribution is 5.91. The van der Waals surface area contributed by atoms with Gasteiger partial charge in [0.05, 0.1) is 5.56 Å². The van der Waals surface area contributed by atoms with Crippen molar-refractivity contribution in [2.45, 2.75) is 6.92 Å². The van der Waals surface area contributed by atoms with Gasteiger partial charge in [0.25, 0.3) is 0 Å². The van der Waals surface area contributed by atoms with Crippen LogP contribution < -0.4 is 10.1 Å². The van der Waals surface area contributed by atoms with E-state index >= 15 is 0 Å². The van der Waals surface area contributed by atoms with E-state index in [0.717, 1.165) is 0 Å². The average Bonchev–Trinajstić information content (AvgIpc) is 2.41. The van der Waals surface area contributed by atoms with E-state index in [1.54, 1.807) is 48.5 Å². The van der Waals surface area contributed by atoms with Gasteiger partial charge in [0.1, 0.15) is 5.75 Å². The van der Waals surface area contributed by atoms with Gasteiger partial charge in [-0.1, -0.05) is 18.2 Å². The maximum atomic E-state index is 11.8. The van der Waals surface area contributed by atoms with E-state index in [0.29, 0.717) is 17.0 Å². The third-order valence-corrected chi connectivity index (χ3v) is 2.31. The van der Waals surface area contributed by atoms with Crippen molar-refractivity contribution in [3.63, 3.8) is 0 Å². The summed E-state index contributed by atoms with van der Waals surface area (Å²) >= 11 is 0. The molecule has 2 rings (SSSR count). The number of carbonyl (C=O) groups is 2. The lowest BCUT2D eigenvalue weighted by molar-refractivity contribution is -0.114. The smallest absolute Gasteiger partial charge is 0.344 e. The molecule has 0 heterocycles. The van der Waals surface area contributed by atoms with E-state index in [4.69, 9.17) is 4.74 Å². The molecule has 0 aliphatic heterocycles. The molecule has 0 fully saturated rings. The topological polar surface area (TPSA) is 55.4 Å². The highest BCUT2D eigenvalue weighted by atomic mass is 16.5. The number of amides is 1. The monoisotopic (exact) mass is 254 g/mol. The number of carbonyl (C=O) groups excluding carboxylic acids is 2. The number of rotatable bonds is 3. The van der Waals surface area contributed by atoms with Crippen LogP contribution in [0.25, 0.3) is 0 Å². The Kier molecular flexibility index (Phi) is 3.93. The van der Waals surface area contributed by atoms with Gasteiger partial charge >= 0.3 is 5.97 Å². The minimum Gasteiger partial charge on any atom is -0.423 e. The van der Waals surface area contributed by atoms with E-state index in [1.807, 2.05) is 0 Å². The summed E-state index contributed by atoms with van der Waals surface area (Å²) in [4.78, 5) is 22.6. The molecule has 0 saturated carbocycles. The first kappa shape index (κ1) is 12.8. The molecule has 1 N–H and O–H groups in total. The summed E-state index contributed by atoms with van der Waals surface area (Å²) in [5.74, 6) is -0.201. The number of ether oxygens (including phenoxy) is 1. The van der Waals surface area contributed by atoms with Crippen molar-refractivity contribution in [1.29, 1.82) is 0 Å². The van der Waals surface area contributed by atoms with Gasteiger partial charge in [0.15, 0.2) is 0 Å². The second kappa shape index (κ2) is 5.82. The Balaban J connectivity index is 2.04. The summed E-state index contributed by atoms with van der Waals surface area (Å²) in [6.07, 6.45) is 0. The summed E-state index contributed by atoms with van der Waals surface area (Å²) in [5.41, 5.74) is 1.02. The maximum absolute atomic E-state index is 11.8. The van der Waals surface area contributed by atoms with Crippen LogP contribution in [0.15, 0.2) is 48.5 Å². The fourth-order valence-electron chi connectivity index (χ4n) is 1.49. The lowest BCUT2D eigenvalue weighted by Crippen LogP contribution is -2.09. The highest BCUT2D eigenvalue weighted by Crippen LogP contribution is 2.16. The number of benzene rings is 2. The maximum Gasteiger partial charge on any atom is 0.344 e. The van der Waals surface area contributed by atoms with E-state index in [9.17, 15) is 9.59 Å². The van der Waals surface area contributed by atoms with Crippen molar-refractivity contribution < 1.29 is 14.3 Å². The normalized spacial score (nSPS) is 9.74. The highest BCUT2D eigenvalue weighted by Gasteiger charge is 2.07. The van der Waals surface area contributed by atoms with Crippen LogP contribution in [0.2, 0.25) is 0 Å². The molecular weight excluding hydrogens is 242 g/mol. The predicted octanol–water partition coefficient (Wildman–Crippen LogP) is 2.66. The van der Waals surface area contributed by atoms with Gasteiger partial charge < -0.3 is 10.1 Å². The summed E-state index contributed by atoms with van der Waals surface area (Å²) in [7, 11) is 0. The number of hydrogen-bond acceptors (Lipinski definition) is 3. The van der Waals surface area contributed by atoms with Crippen LogP contribution in [-0.2, 0) is 4.79 Å². The number of esters is 1. The lowest BCUT2D eigenvalue weighted by atomic mass is 10.2. The second-order valence-corrected chi connectivity index (χ2v) is 3.87. The van der Waals surface area contributed by atoms with Gasteiger partial charge in [-0.3, -0.25) is 4.79 Å². The standard InChI is InChI=1S/C15H12NO3/c1-11(17)16-13-7-9-14(10-8-13)19-15(18)12-5-3-2-4-6-12/h2-5,7-10H,1H3,(H,16,17). The predicted molar refractivity (Wildman–Crippen MR) is 71.0 cm³/mol. The molecule has 2 aromatic rings. The minimum absolute atomic E-state index is 0.149. The van der Waals surface area contributed by atoms with Gasteiger partial charge in [0, 0.05) is 12.6 Å². The fourth-order valence-corrected chi connectivity index (χ4v) is 1.49. The van der Waals surface area contributed by atoms with Crippen LogP contribution in [0, 0.1) is 6.07 Å². The Labute approximate surface area is 111 Å². The Morgan fingerprint density at radius 1 is 1.11 bits per heavy atom. The number of hydrogen-bond donors (Lipinski definition) is 1. The molecule has 4 heteroatoms. The van der Waals surface area contributed by atoms with E-state index < -0.39 is 5.97 Å². The molecule has 95 valence electrons. The minimum atomic E-state index is -0.465. The van der Waals surface area contributed by atoms with Gasteiger partial charge in [0.2, 0.25) is 5.91 Å². The molecule has 19 heavy (non-hydrogen) atoms. The van der Waals surface area contributed by atoms with Crippen molar-refractivity contribution in [3.8, 4) is 5.75 Å². The number of nitrogens with one attached hydrogen (secondary N) is 1. The zero-order chi connectivity index (χ0) is 13.7. The Hall–Kier alpha value is -2.62. The Morgan fingerprint density at radius 2 is 1.84 bits per heavy atom. The van der Waals surface area contributed by atoms with Gasteiger partial charge in [-0.15, -0.1) is 0 Å². The Bertz CT molecular complexity index is 576. The van der Waals surface area contributed by atoms with Crippen molar-refractivity contribution >= 4 is 17.6 Å². The first-order valence-electron chi connectivity index (χ1n) is 5.72. The quantitative estimate of drug-likeness (QED) is 0.676. The molecule has 1 amide bonds. The zero-order valence-corrected chi connectivity index (χ0v) is 10.3. The second-order valence-electron chi connectivity index (χ2n) is 3.87. The van der Waals surface area contributed by atoms with Gasteiger partial charge in [-0.05, 0) is 36.4 Å². The van der Waals surface area contributed by atoms with Crippen LogP contribution in [0.1, 0.15) is 17.3 Å². The molecule has 0 aliphatic rings. The number of anilines is 1. The molecule has 0 saturated heterocycles. The van der Waals surface area contributed by atoms with E-state index in [2.05, 4.69) is 11.4 Å². The third kappa shape index (κ3) is 3.67. The Morgan fingerprint density at radius 3 is 2.42 bits per heavy atom. The van der Waals surface area contributed by atoms with Crippen molar-refractivity contribution in [3.05, 3.63) is 60.2 Å². The molecule has 0 spiro atoms. The van der Waals surface area contributed by atoms with Gasteiger partial charge in [-0.2, -0.15) is 0 Å². The first-order valence-corrected chi connectivity index (χ1v) is 5.72. The first-order chi connectivity index (χ1) is 9.15. The van der Waals surface area contributed by atoms with E-state index in [-0.39, 0.29) is 5.91 Å². The molecule has 4 nitrogen and oxygen atoms in total. The van der Waals surface area contributed by atoms with Crippen molar-refractivity contribution in [1.82, 2.24) is 0 Å². The SMILES string of the molecule is CC(=O)Nc1ccc(OC(=O)c2[c]cccc2)cc1. The molecule has 2 aromatic carbocycles. The van der Waals surface area contributed by atoms with Crippen molar-refractivity contribution in [2.75, 3.05) is 5.32 Å². The van der Waals surface area contributed by atoms with Gasteiger partial charge in [-0.25, -0.2) is 4.79 Å².